The van der Waals surface area contributed by atoms with Crippen LogP contribution in [0.5, 0.6) is 0 Å². The second-order valence-electron chi connectivity index (χ2n) is 4.52. The Morgan fingerprint density at radius 2 is 2.18 bits per heavy atom. The van der Waals surface area contributed by atoms with Crippen molar-refractivity contribution in [1.29, 1.82) is 0 Å². The van der Waals surface area contributed by atoms with Gasteiger partial charge in [-0.2, -0.15) is 0 Å². The average molecular weight is 244 g/mol. The van der Waals surface area contributed by atoms with Gasteiger partial charge in [-0.3, -0.25) is 9.59 Å². The highest BCUT2D eigenvalue weighted by Gasteiger charge is 2.30. The van der Waals surface area contributed by atoms with Crippen molar-refractivity contribution in [3.8, 4) is 0 Å². The Kier molecular flexibility index (Phi) is 4.89. The smallest absolute Gasteiger partial charge is 0.303 e. The molecule has 1 saturated heterocycles. The SMILES string of the molecule is CC1CN(C(=O)C(N)CCC(=O)O)C(C)CO1. The molecule has 98 valence electrons. The van der Waals surface area contributed by atoms with Crippen LogP contribution in [-0.4, -0.2) is 53.2 Å². The number of morpholine rings is 1. The van der Waals surface area contributed by atoms with E-state index in [9.17, 15) is 9.59 Å². The minimum atomic E-state index is -0.934. The second kappa shape index (κ2) is 5.97. The molecule has 0 saturated carbocycles. The fourth-order valence-corrected chi connectivity index (χ4v) is 1.83. The summed E-state index contributed by atoms with van der Waals surface area (Å²) in [6.07, 6.45) is 0.0928. The summed E-state index contributed by atoms with van der Waals surface area (Å²) in [6.45, 7) is 4.81. The van der Waals surface area contributed by atoms with Crippen LogP contribution in [0.25, 0.3) is 0 Å². The van der Waals surface area contributed by atoms with Gasteiger partial charge >= 0.3 is 5.97 Å². The largest absolute Gasteiger partial charge is 0.481 e. The predicted octanol–water partition coefficient (Wildman–Crippen LogP) is -0.186. The van der Waals surface area contributed by atoms with Crippen LogP contribution >= 0.6 is 0 Å². The van der Waals surface area contributed by atoms with Crippen LogP contribution in [-0.2, 0) is 14.3 Å². The third-order valence-electron chi connectivity index (χ3n) is 2.88. The van der Waals surface area contributed by atoms with Crippen LogP contribution in [0.1, 0.15) is 26.7 Å². The topological polar surface area (TPSA) is 92.9 Å². The normalized spacial score (nSPS) is 26.6. The van der Waals surface area contributed by atoms with Gasteiger partial charge in [-0.1, -0.05) is 0 Å². The molecule has 17 heavy (non-hydrogen) atoms. The van der Waals surface area contributed by atoms with E-state index in [1.54, 1.807) is 4.90 Å². The average Bonchev–Trinajstić information content (AvgIpc) is 2.28. The summed E-state index contributed by atoms with van der Waals surface area (Å²) < 4.78 is 5.42. The number of hydrogen-bond acceptors (Lipinski definition) is 4. The van der Waals surface area contributed by atoms with Crippen LogP contribution in [0.3, 0.4) is 0 Å². The molecule has 6 nitrogen and oxygen atoms in total. The Labute approximate surface area is 101 Å². The number of rotatable bonds is 4. The molecule has 0 spiro atoms. The van der Waals surface area contributed by atoms with Gasteiger partial charge in [0.15, 0.2) is 0 Å². The van der Waals surface area contributed by atoms with Gasteiger partial charge < -0.3 is 20.5 Å². The number of carboxylic acids is 1. The van der Waals surface area contributed by atoms with Gasteiger partial charge in [-0.25, -0.2) is 0 Å². The van der Waals surface area contributed by atoms with Crippen molar-refractivity contribution >= 4 is 11.9 Å². The van der Waals surface area contributed by atoms with Gasteiger partial charge in [-0.05, 0) is 20.3 Å². The minimum Gasteiger partial charge on any atom is -0.481 e. The van der Waals surface area contributed by atoms with Crippen LogP contribution in [0, 0.1) is 0 Å². The summed E-state index contributed by atoms with van der Waals surface area (Å²) in [5.74, 6) is -1.12. The highest BCUT2D eigenvalue weighted by Crippen LogP contribution is 2.13. The van der Waals surface area contributed by atoms with E-state index in [1.807, 2.05) is 13.8 Å². The van der Waals surface area contributed by atoms with Gasteiger partial charge in [0.1, 0.15) is 0 Å². The molecule has 3 N–H and O–H groups in total. The standard InChI is InChI=1S/C11H20N2O4/c1-7-6-17-8(2)5-13(7)11(16)9(12)3-4-10(14)15/h7-9H,3-6,12H2,1-2H3,(H,14,15). The third kappa shape index (κ3) is 3.98. The predicted molar refractivity (Wildman–Crippen MR) is 61.4 cm³/mol. The number of nitrogens with zero attached hydrogens (tertiary/aromatic N) is 1. The first-order valence-corrected chi connectivity index (χ1v) is 5.81. The Morgan fingerprint density at radius 1 is 1.53 bits per heavy atom. The van der Waals surface area contributed by atoms with Crippen molar-refractivity contribution < 1.29 is 19.4 Å². The van der Waals surface area contributed by atoms with Crippen LogP contribution in [0.15, 0.2) is 0 Å². The highest BCUT2D eigenvalue weighted by molar-refractivity contribution is 5.82. The second-order valence-corrected chi connectivity index (χ2v) is 4.52. The van der Waals surface area contributed by atoms with Crippen LogP contribution < -0.4 is 5.73 Å². The first-order chi connectivity index (χ1) is 7.91. The maximum Gasteiger partial charge on any atom is 0.303 e. The number of aliphatic carboxylic acids is 1. The van der Waals surface area contributed by atoms with Crippen LogP contribution in [0.2, 0.25) is 0 Å². The molecule has 0 aliphatic carbocycles. The maximum atomic E-state index is 12.0. The van der Waals surface area contributed by atoms with Gasteiger partial charge in [-0.15, -0.1) is 0 Å². The van der Waals surface area contributed by atoms with Crippen molar-refractivity contribution in [1.82, 2.24) is 4.90 Å². The molecule has 1 aliphatic heterocycles. The summed E-state index contributed by atoms with van der Waals surface area (Å²) in [7, 11) is 0. The molecule has 0 radical (unpaired) electrons. The number of ether oxygens (including phenoxy) is 1. The van der Waals surface area contributed by atoms with E-state index in [1.165, 1.54) is 0 Å². The van der Waals surface area contributed by atoms with Crippen LogP contribution in [0.4, 0.5) is 0 Å². The molecule has 1 amide bonds. The molecular formula is C11H20N2O4. The van der Waals surface area contributed by atoms with Gasteiger partial charge in [0, 0.05) is 13.0 Å². The van der Waals surface area contributed by atoms with Crippen molar-refractivity contribution in [2.45, 2.75) is 44.9 Å². The van der Waals surface area contributed by atoms with E-state index in [0.717, 1.165) is 0 Å². The Hall–Kier alpha value is -1.14. The summed E-state index contributed by atoms with van der Waals surface area (Å²) >= 11 is 0. The molecule has 1 rings (SSSR count). The van der Waals surface area contributed by atoms with E-state index >= 15 is 0 Å². The summed E-state index contributed by atoms with van der Waals surface area (Å²) in [4.78, 5) is 24.1. The Bertz CT molecular complexity index is 295. The minimum absolute atomic E-state index is 0.00169. The molecule has 1 fully saturated rings. The van der Waals surface area contributed by atoms with Crippen molar-refractivity contribution in [2.24, 2.45) is 5.73 Å². The van der Waals surface area contributed by atoms with Crippen molar-refractivity contribution in [3.63, 3.8) is 0 Å². The van der Waals surface area contributed by atoms with E-state index < -0.39 is 12.0 Å². The monoisotopic (exact) mass is 244 g/mol. The molecular weight excluding hydrogens is 224 g/mol. The Balaban J connectivity index is 2.52. The lowest BCUT2D eigenvalue weighted by molar-refractivity contribution is -0.145. The van der Waals surface area contributed by atoms with Crippen molar-refractivity contribution in [3.05, 3.63) is 0 Å². The van der Waals surface area contributed by atoms with E-state index in [2.05, 4.69) is 0 Å². The van der Waals surface area contributed by atoms with E-state index in [0.29, 0.717) is 13.2 Å². The fraction of sp³-hybridized carbons (Fsp3) is 0.818. The number of amides is 1. The molecule has 3 atom stereocenters. The maximum absolute atomic E-state index is 12.0. The molecule has 3 unspecified atom stereocenters. The van der Waals surface area contributed by atoms with Gasteiger partial charge in [0.2, 0.25) is 5.91 Å². The molecule has 0 aromatic heterocycles. The van der Waals surface area contributed by atoms with Gasteiger partial charge in [0.05, 0.1) is 24.8 Å². The summed E-state index contributed by atoms with van der Waals surface area (Å²) in [5.41, 5.74) is 5.71. The number of carbonyl (C=O) groups excluding carboxylic acids is 1. The van der Waals surface area contributed by atoms with Gasteiger partial charge in [0.25, 0.3) is 0 Å². The molecule has 1 heterocycles. The molecule has 1 aliphatic rings. The molecule has 0 bridgehead atoms. The fourth-order valence-electron chi connectivity index (χ4n) is 1.83. The summed E-state index contributed by atoms with van der Waals surface area (Å²) in [5, 5.41) is 8.55. The number of nitrogens with two attached hydrogens (primary N) is 1. The molecule has 0 aromatic rings. The number of carboxylic acid groups (broad SMARTS) is 1. The zero-order valence-corrected chi connectivity index (χ0v) is 10.3. The van der Waals surface area contributed by atoms with E-state index in [4.69, 9.17) is 15.6 Å². The quantitative estimate of drug-likeness (QED) is 0.715. The molecule has 6 heteroatoms. The number of carbonyl (C=O) groups is 2. The number of hydrogen-bond donors (Lipinski definition) is 2. The van der Waals surface area contributed by atoms with E-state index in [-0.39, 0.29) is 30.9 Å². The highest BCUT2D eigenvalue weighted by atomic mass is 16.5. The van der Waals surface area contributed by atoms with Crippen molar-refractivity contribution in [2.75, 3.05) is 13.2 Å². The lowest BCUT2D eigenvalue weighted by Crippen LogP contribution is -2.55. The Morgan fingerprint density at radius 3 is 2.76 bits per heavy atom. The lowest BCUT2D eigenvalue weighted by Gasteiger charge is -2.38. The summed E-state index contributed by atoms with van der Waals surface area (Å²) in [6, 6.07) is -0.742. The zero-order valence-electron chi connectivity index (χ0n) is 10.3. The first-order valence-electron chi connectivity index (χ1n) is 5.81. The first kappa shape index (κ1) is 13.9. The molecule has 0 aromatic carbocycles. The lowest BCUT2D eigenvalue weighted by atomic mass is 10.1. The third-order valence-corrected chi connectivity index (χ3v) is 2.88. The zero-order chi connectivity index (χ0) is 13.0.